The van der Waals surface area contributed by atoms with Crippen LogP contribution in [0.2, 0.25) is 0 Å². The highest BCUT2D eigenvalue weighted by Crippen LogP contribution is 2.12. The van der Waals surface area contributed by atoms with Gasteiger partial charge in [-0.15, -0.1) is 0 Å². The molecule has 9 heteroatoms. The number of rotatable bonds is 8. The van der Waals surface area contributed by atoms with Gasteiger partial charge in [-0.3, -0.25) is 14.4 Å². The molecule has 1 atom stereocenters. The molecule has 0 aliphatic carbocycles. The van der Waals surface area contributed by atoms with Gasteiger partial charge in [0.2, 0.25) is 11.8 Å². The van der Waals surface area contributed by atoms with Crippen LogP contribution in [0.15, 0.2) is 0 Å². The number of hydrogen-bond acceptors (Lipinski definition) is 6. The first-order chi connectivity index (χ1) is 13.0. The molecule has 0 aromatic heterocycles. The fourth-order valence-electron chi connectivity index (χ4n) is 2.30. The molecule has 0 aromatic carbocycles. The van der Waals surface area contributed by atoms with Crippen LogP contribution >= 0.6 is 0 Å². The molecule has 0 heterocycles. The van der Waals surface area contributed by atoms with E-state index in [4.69, 9.17) is 9.47 Å². The zero-order valence-electron chi connectivity index (χ0n) is 19.2. The van der Waals surface area contributed by atoms with Gasteiger partial charge >= 0.3 is 12.1 Å². The van der Waals surface area contributed by atoms with E-state index in [0.717, 1.165) is 0 Å². The van der Waals surface area contributed by atoms with Gasteiger partial charge in [-0.25, -0.2) is 4.79 Å². The second-order valence-electron chi connectivity index (χ2n) is 9.31. The van der Waals surface area contributed by atoms with Gasteiger partial charge in [-0.2, -0.15) is 0 Å². The highest BCUT2D eigenvalue weighted by Gasteiger charge is 2.29. The molecule has 0 rings (SSSR count). The van der Waals surface area contributed by atoms with Crippen molar-refractivity contribution in [1.82, 2.24) is 15.5 Å². The van der Waals surface area contributed by atoms with E-state index >= 15 is 0 Å². The second kappa shape index (κ2) is 11.0. The fourth-order valence-corrected chi connectivity index (χ4v) is 2.30. The summed E-state index contributed by atoms with van der Waals surface area (Å²) in [6, 6.07) is -0.787. The predicted octanol–water partition coefficient (Wildman–Crippen LogP) is 1.84. The number of carbonyl (C=O) groups is 4. The van der Waals surface area contributed by atoms with Gasteiger partial charge in [0.25, 0.3) is 0 Å². The molecule has 3 amide bonds. The lowest BCUT2D eigenvalue weighted by atomic mass is 10.0. The highest BCUT2D eigenvalue weighted by molar-refractivity contribution is 5.90. The van der Waals surface area contributed by atoms with Gasteiger partial charge in [0.15, 0.2) is 0 Å². The van der Waals surface area contributed by atoms with Crippen molar-refractivity contribution in [2.45, 2.75) is 79.1 Å². The molecule has 168 valence electrons. The van der Waals surface area contributed by atoms with E-state index in [1.165, 1.54) is 11.9 Å². The summed E-state index contributed by atoms with van der Waals surface area (Å²) in [6.07, 6.45) is -0.316. The number of carbonyl (C=O) groups excluding carboxylic acids is 4. The maximum absolute atomic E-state index is 12.6. The molecule has 0 saturated heterocycles. The van der Waals surface area contributed by atoms with Gasteiger partial charge < -0.3 is 25.0 Å². The molecule has 0 bridgehead atoms. The summed E-state index contributed by atoms with van der Waals surface area (Å²) in [7, 11) is 1.49. The molecule has 0 aromatic rings. The Hall–Kier alpha value is -2.32. The lowest BCUT2D eigenvalue weighted by molar-refractivity contribution is -0.154. The molecule has 0 spiro atoms. The summed E-state index contributed by atoms with van der Waals surface area (Å²) in [5, 5.41) is 4.91. The molecule has 2 N–H and O–H groups in total. The van der Waals surface area contributed by atoms with Crippen LogP contribution in [-0.4, -0.2) is 66.2 Å². The van der Waals surface area contributed by atoms with Gasteiger partial charge in [-0.1, -0.05) is 13.8 Å². The Morgan fingerprint density at radius 2 is 1.38 bits per heavy atom. The largest absolute Gasteiger partial charge is 0.459 e. The quantitative estimate of drug-likeness (QED) is 0.585. The minimum absolute atomic E-state index is 0.126. The van der Waals surface area contributed by atoms with E-state index in [9.17, 15) is 19.2 Å². The molecule has 9 nitrogen and oxygen atoms in total. The number of likely N-dealkylation sites (N-methyl/N-ethyl adjacent to an activating group) is 1. The number of esters is 1. The van der Waals surface area contributed by atoms with E-state index in [1.54, 1.807) is 41.5 Å². The van der Waals surface area contributed by atoms with Crippen LogP contribution in [0.1, 0.15) is 61.8 Å². The van der Waals surface area contributed by atoms with E-state index in [1.807, 2.05) is 13.8 Å². The maximum Gasteiger partial charge on any atom is 0.408 e. The number of ether oxygens (including phenoxy) is 2. The third kappa shape index (κ3) is 12.7. The van der Waals surface area contributed by atoms with Gasteiger partial charge in [0, 0.05) is 7.05 Å². The van der Waals surface area contributed by atoms with Crippen LogP contribution < -0.4 is 10.6 Å². The molecule has 0 saturated carbocycles. The Morgan fingerprint density at radius 1 is 0.862 bits per heavy atom. The molecule has 0 aliphatic heterocycles. The summed E-state index contributed by atoms with van der Waals surface area (Å²) in [5.74, 6) is -1.34. The van der Waals surface area contributed by atoms with E-state index < -0.39 is 41.1 Å². The van der Waals surface area contributed by atoms with Crippen LogP contribution in [0.25, 0.3) is 0 Å². The maximum atomic E-state index is 12.6. The monoisotopic (exact) mass is 415 g/mol. The molecular formula is C20H37N3O6. The molecular weight excluding hydrogens is 378 g/mol. The van der Waals surface area contributed by atoms with Crippen LogP contribution in [-0.2, 0) is 23.9 Å². The van der Waals surface area contributed by atoms with Crippen molar-refractivity contribution in [1.29, 1.82) is 0 Å². The summed E-state index contributed by atoms with van der Waals surface area (Å²) in [5.41, 5.74) is -1.33. The van der Waals surface area contributed by atoms with Crippen LogP contribution in [0.3, 0.4) is 0 Å². The summed E-state index contributed by atoms with van der Waals surface area (Å²) >= 11 is 0. The van der Waals surface area contributed by atoms with Crippen LogP contribution in [0.4, 0.5) is 4.79 Å². The zero-order valence-corrected chi connectivity index (χ0v) is 19.2. The average molecular weight is 416 g/mol. The first-order valence-corrected chi connectivity index (χ1v) is 9.74. The van der Waals surface area contributed by atoms with Crippen molar-refractivity contribution in [3.8, 4) is 0 Å². The van der Waals surface area contributed by atoms with Crippen molar-refractivity contribution < 1.29 is 28.7 Å². The van der Waals surface area contributed by atoms with Gasteiger partial charge in [0.05, 0.1) is 0 Å². The molecule has 0 unspecified atom stereocenters. The van der Waals surface area contributed by atoms with Crippen molar-refractivity contribution in [3.63, 3.8) is 0 Å². The van der Waals surface area contributed by atoms with Crippen LogP contribution in [0.5, 0.6) is 0 Å². The molecule has 29 heavy (non-hydrogen) atoms. The van der Waals surface area contributed by atoms with E-state index in [-0.39, 0.29) is 19.0 Å². The number of amides is 3. The van der Waals surface area contributed by atoms with Crippen molar-refractivity contribution >= 4 is 23.9 Å². The highest BCUT2D eigenvalue weighted by atomic mass is 16.6. The predicted molar refractivity (Wildman–Crippen MR) is 109 cm³/mol. The SMILES string of the molecule is CC(C)C[C@H](C(=O)NCC(=O)OC(C)(C)C)N(C)C(=O)CNC(=O)OC(C)(C)C. The topological polar surface area (TPSA) is 114 Å². The molecule has 0 radical (unpaired) electrons. The van der Waals surface area contributed by atoms with Crippen molar-refractivity contribution in [2.75, 3.05) is 20.1 Å². The number of nitrogens with zero attached hydrogens (tertiary/aromatic N) is 1. The van der Waals surface area contributed by atoms with E-state index in [0.29, 0.717) is 6.42 Å². The molecule has 0 fully saturated rings. The van der Waals surface area contributed by atoms with Crippen molar-refractivity contribution in [3.05, 3.63) is 0 Å². The average Bonchev–Trinajstić information content (AvgIpc) is 2.51. The summed E-state index contributed by atoms with van der Waals surface area (Å²) < 4.78 is 10.3. The smallest absolute Gasteiger partial charge is 0.408 e. The Bertz CT molecular complexity index is 590. The number of nitrogens with one attached hydrogen (secondary N) is 2. The summed E-state index contributed by atoms with van der Waals surface area (Å²) in [4.78, 5) is 49.9. The minimum Gasteiger partial charge on any atom is -0.459 e. The lowest BCUT2D eigenvalue weighted by Gasteiger charge is -2.29. The Kier molecular flexibility index (Phi) is 10.1. The second-order valence-corrected chi connectivity index (χ2v) is 9.31. The Balaban J connectivity index is 4.88. The van der Waals surface area contributed by atoms with E-state index in [2.05, 4.69) is 10.6 Å². The number of alkyl carbamates (subject to hydrolysis) is 1. The normalized spacial score (nSPS) is 12.8. The lowest BCUT2D eigenvalue weighted by Crippen LogP contribution is -2.52. The first kappa shape index (κ1) is 26.7. The Morgan fingerprint density at radius 3 is 1.83 bits per heavy atom. The van der Waals surface area contributed by atoms with Gasteiger partial charge in [0.1, 0.15) is 30.3 Å². The Labute approximate surface area is 173 Å². The standard InChI is InChI=1S/C20H37N3O6/c1-13(2)10-14(17(26)21-12-16(25)28-19(3,4)5)23(9)15(24)11-22-18(27)29-20(6,7)8/h13-14H,10-12H2,1-9H3,(H,21,26)(H,22,27)/t14-/m1/s1. The summed E-state index contributed by atoms with van der Waals surface area (Å²) in [6.45, 7) is 13.6. The van der Waals surface area contributed by atoms with Crippen molar-refractivity contribution in [2.24, 2.45) is 5.92 Å². The fraction of sp³-hybridized carbons (Fsp3) is 0.800. The number of hydrogen-bond donors (Lipinski definition) is 2. The molecule has 0 aliphatic rings. The first-order valence-electron chi connectivity index (χ1n) is 9.74. The van der Waals surface area contributed by atoms with Crippen LogP contribution in [0, 0.1) is 5.92 Å². The third-order valence-corrected chi connectivity index (χ3v) is 3.47. The zero-order chi connectivity index (χ0) is 23.0. The van der Waals surface area contributed by atoms with Gasteiger partial charge in [-0.05, 0) is 53.9 Å². The third-order valence-electron chi connectivity index (χ3n) is 3.47. The minimum atomic E-state index is -0.787.